The minimum Gasteiger partial charge on any atom is -0.480 e. The first-order chi connectivity index (χ1) is 19.3. The van der Waals surface area contributed by atoms with Crippen molar-refractivity contribution in [2.24, 2.45) is 0 Å². The van der Waals surface area contributed by atoms with Crippen molar-refractivity contribution in [3.63, 3.8) is 0 Å². The van der Waals surface area contributed by atoms with Crippen LogP contribution in [0.3, 0.4) is 0 Å². The van der Waals surface area contributed by atoms with Crippen molar-refractivity contribution in [2.45, 2.75) is 50.7 Å². The summed E-state index contributed by atoms with van der Waals surface area (Å²) < 4.78 is 16.6. The van der Waals surface area contributed by atoms with Crippen LogP contribution in [0.4, 0.5) is 4.79 Å². The number of aliphatic carboxylic acids is 1. The van der Waals surface area contributed by atoms with Crippen molar-refractivity contribution in [2.75, 3.05) is 13.7 Å². The first kappa shape index (κ1) is 28.8. The third-order valence-electron chi connectivity index (χ3n) is 7.13. The summed E-state index contributed by atoms with van der Waals surface area (Å²) in [5.74, 6) is -2.15. The standard InChI is InChI=1S/C31H34N2O7/c1-19(38-3)28(30(35)36)32-29(34)27(20(2)39-17-21-11-5-4-6-12-21)33-31(37)40-18-26-24-15-9-7-13-22(24)23-14-8-10-16-25(23)26/h4-16,19-20,26-28H,17-18H2,1-3H3,(H,32,34)(H,33,37)(H,35,36)/t19-,20+,27-,28+/m1/s1. The normalized spacial score (nSPS) is 15.2. The van der Waals surface area contributed by atoms with E-state index in [4.69, 9.17) is 14.2 Å². The number of ether oxygens (including phenoxy) is 3. The van der Waals surface area contributed by atoms with Crippen molar-refractivity contribution in [3.05, 3.63) is 95.6 Å². The van der Waals surface area contributed by atoms with Gasteiger partial charge in [0.1, 0.15) is 12.6 Å². The molecule has 0 radical (unpaired) electrons. The molecule has 9 nitrogen and oxygen atoms in total. The molecule has 0 fully saturated rings. The largest absolute Gasteiger partial charge is 0.480 e. The Morgan fingerprint density at radius 1 is 0.800 bits per heavy atom. The topological polar surface area (TPSA) is 123 Å². The Kier molecular flexibility index (Phi) is 9.52. The maximum atomic E-state index is 13.3. The van der Waals surface area contributed by atoms with Gasteiger partial charge in [-0.15, -0.1) is 0 Å². The van der Waals surface area contributed by atoms with E-state index in [2.05, 4.69) is 10.6 Å². The summed E-state index contributed by atoms with van der Waals surface area (Å²) in [5.41, 5.74) is 5.19. The fraction of sp³-hybridized carbons (Fsp3) is 0.323. The Hall–Kier alpha value is -4.21. The molecule has 2 amide bonds. The van der Waals surface area contributed by atoms with Gasteiger partial charge in [-0.3, -0.25) is 4.79 Å². The molecule has 0 spiro atoms. The predicted molar refractivity (Wildman–Crippen MR) is 149 cm³/mol. The number of alkyl carbamates (subject to hydrolysis) is 1. The van der Waals surface area contributed by atoms with E-state index in [1.54, 1.807) is 6.92 Å². The van der Waals surface area contributed by atoms with E-state index in [0.29, 0.717) is 0 Å². The molecule has 1 aliphatic rings. The number of hydrogen-bond donors (Lipinski definition) is 3. The zero-order valence-electron chi connectivity index (χ0n) is 22.7. The van der Waals surface area contributed by atoms with Gasteiger partial charge in [-0.05, 0) is 41.7 Å². The average molecular weight is 547 g/mol. The molecule has 0 bridgehead atoms. The molecule has 9 heteroatoms. The van der Waals surface area contributed by atoms with E-state index >= 15 is 0 Å². The molecule has 0 saturated heterocycles. The van der Waals surface area contributed by atoms with Gasteiger partial charge in [-0.2, -0.15) is 0 Å². The lowest BCUT2D eigenvalue weighted by atomic mass is 9.98. The highest BCUT2D eigenvalue weighted by Crippen LogP contribution is 2.44. The number of amides is 2. The summed E-state index contributed by atoms with van der Waals surface area (Å²) in [5, 5.41) is 14.7. The van der Waals surface area contributed by atoms with Crippen molar-refractivity contribution < 1.29 is 33.7 Å². The summed E-state index contributed by atoms with van der Waals surface area (Å²) in [4.78, 5) is 38.1. The maximum Gasteiger partial charge on any atom is 0.407 e. The van der Waals surface area contributed by atoms with Gasteiger partial charge in [0.2, 0.25) is 5.91 Å². The quantitative estimate of drug-likeness (QED) is 0.313. The Labute approximate surface area is 233 Å². The zero-order valence-corrected chi connectivity index (χ0v) is 22.7. The van der Waals surface area contributed by atoms with Crippen molar-refractivity contribution >= 4 is 18.0 Å². The van der Waals surface area contributed by atoms with E-state index in [0.717, 1.165) is 27.8 Å². The second-order valence-corrected chi connectivity index (χ2v) is 9.71. The van der Waals surface area contributed by atoms with Gasteiger partial charge in [0.05, 0.1) is 18.8 Å². The van der Waals surface area contributed by atoms with E-state index in [1.807, 2.05) is 78.9 Å². The number of nitrogens with one attached hydrogen (secondary N) is 2. The van der Waals surface area contributed by atoms with Gasteiger partial charge >= 0.3 is 12.1 Å². The SMILES string of the molecule is CO[C@H](C)[C@H](NC(=O)[C@H](NC(=O)OCC1c2ccccc2-c2ccccc21)[C@H](C)OCc1ccccc1)C(=O)O. The smallest absolute Gasteiger partial charge is 0.407 e. The fourth-order valence-electron chi connectivity index (χ4n) is 4.82. The molecule has 0 aromatic heterocycles. The number of hydrogen-bond acceptors (Lipinski definition) is 6. The molecule has 0 aliphatic heterocycles. The van der Waals surface area contributed by atoms with Gasteiger partial charge in [0.15, 0.2) is 6.04 Å². The minimum absolute atomic E-state index is 0.0614. The highest BCUT2D eigenvalue weighted by atomic mass is 16.5. The molecule has 3 aromatic rings. The van der Waals surface area contributed by atoms with Crippen LogP contribution in [0.25, 0.3) is 11.1 Å². The third kappa shape index (κ3) is 6.67. The maximum absolute atomic E-state index is 13.3. The zero-order chi connectivity index (χ0) is 28.6. The molecule has 4 rings (SSSR count). The summed E-state index contributed by atoms with van der Waals surface area (Å²) in [6.45, 7) is 3.41. The van der Waals surface area contributed by atoms with Gasteiger partial charge in [0, 0.05) is 13.0 Å². The molecule has 3 N–H and O–H groups in total. The van der Waals surface area contributed by atoms with Crippen LogP contribution in [0.15, 0.2) is 78.9 Å². The Balaban J connectivity index is 1.47. The van der Waals surface area contributed by atoms with Crippen molar-refractivity contribution in [1.29, 1.82) is 0 Å². The fourth-order valence-corrected chi connectivity index (χ4v) is 4.82. The molecule has 40 heavy (non-hydrogen) atoms. The van der Waals surface area contributed by atoms with Crippen LogP contribution < -0.4 is 10.6 Å². The minimum atomic E-state index is -1.33. The van der Waals surface area contributed by atoms with Crippen LogP contribution in [-0.2, 0) is 30.4 Å². The Morgan fingerprint density at radius 3 is 1.95 bits per heavy atom. The number of benzene rings is 3. The second kappa shape index (κ2) is 13.2. The van der Waals surface area contributed by atoms with Crippen LogP contribution >= 0.6 is 0 Å². The number of carboxylic acids is 1. The number of carbonyl (C=O) groups is 3. The molecular weight excluding hydrogens is 512 g/mol. The Morgan fingerprint density at radius 2 is 1.38 bits per heavy atom. The number of carbonyl (C=O) groups excluding carboxylic acids is 2. The molecular formula is C31H34N2O7. The average Bonchev–Trinajstić information content (AvgIpc) is 3.29. The highest BCUT2D eigenvalue weighted by molar-refractivity contribution is 5.90. The van der Waals surface area contributed by atoms with Crippen molar-refractivity contribution in [3.8, 4) is 11.1 Å². The highest BCUT2D eigenvalue weighted by Gasteiger charge is 2.35. The van der Waals surface area contributed by atoms with E-state index < -0.39 is 42.3 Å². The van der Waals surface area contributed by atoms with E-state index in [1.165, 1.54) is 14.0 Å². The lowest BCUT2D eigenvalue weighted by molar-refractivity contribution is -0.146. The molecule has 1 aliphatic carbocycles. The summed E-state index contributed by atoms with van der Waals surface area (Å²) >= 11 is 0. The number of carboxylic acid groups (broad SMARTS) is 1. The molecule has 0 saturated carbocycles. The Bertz CT molecular complexity index is 1280. The van der Waals surface area contributed by atoms with Crippen LogP contribution in [0, 0.1) is 0 Å². The van der Waals surface area contributed by atoms with Crippen LogP contribution in [0.2, 0.25) is 0 Å². The van der Waals surface area contributed by atoms with Gasteiger partial charge in [-0.25, -0.2) is 9.59 Å². The monoisotopic (exact) mass is 546 g/mol. The first-order valence-electron chi connectivity index (χ1n) is 13.1. The molecule has 0 heterocycles. The second-order valence-electron chi connectivity index (χ2n) is 9.71. The summed E-state index contributed by atoms with van der Waals surface area (Å²) in [6, 6.07) is 22.8. The molecule has 3 aromatic carbocycles. The van der Waals surface area contributed by atoms with E-state index in [9.17, 15) is 19.5 Å². The van der Waals surface area contributed by atoms with Gasteiger partial charge in [-0.1, -0.05) is 78.9 Å². The number of methoxy groups -OCH3 is 1. The third-order valence-corrected chi connectivity index (χ3v) is 7.13. The lowest BCUT2D eigenvalue weighted by Gasteiger charge is -2.27. The summed E-state index contributed by atoms with van der Waals surface area (Å²) in [7, 11) is 1.35. The predicted octanol–water partition coefficient (Wildman–Crippen LogP) is 4.10. The van der Waals surface area contributed by atoms with Gasteiger partial charge in [0.25, 0.3) is 0 Å². The molecule has 4 atom stereocenters. The number of fused-ring (bicyclic) bond motifs is 3. The lowest BCUT2D eigenvalue weighted by Crippen LogP contribution is -2.58. The first-order valence-corrected chi connectivity index (χ1v) is 13.1. The van der Waals surface area contributed by atoms with Crippen LogP contribution in [0.5, 0.6) is 0 Å². The van der Waals surface area contributed by atoms with Gasteiger partial charge < -0.3 is 30.0 Å². The molecule has 210 valence electrons. The number of rotatable bonds is 12. The van der Waals surface area contributed by atoms with E-state index in [-0.39, 0.29) is 19.1 Å². The van der Waals surface area contributed by atoms with Crippen molar-refractivity contribution in [1.82, 2.24) is 10.6 Å². The molecule has 0 unspecified atom stereocenters. The van der Waals surface area contributed by atoms with Crippen LogP contribution in [0.1, 0.15) is 36.5 Å². The van der Waals surface area contributed by atoms with Crippen LogP contribution in [-0.4, -0.2) is 61.1 Å². The summed E-state index contributed by atoms with van der Waals surface area (Å²) in [6.07, 6.45) is -2.44.